The van der Waals surface area contributed by atoms with Gasteiger partial charge in [-0.1, -0.05) is 24.3 Å². The molecule has 0 spiro atoms. The molecule has 1 aromatic heterocycles. The summed E-state index contributed by atoms with van der Waals surface area (Å²) >= 11 is 0. The lowest BCUT2D eigenvalue weighted by Crippen LogP contribution is -2.16. The van der Waals surface area contributed by atoms with Crippen molar-refractivity contribution >= 4 is 23.2 Å². The molecule has 2 aromatic carbocycles. The Morgan fingerprint density at radius 2 is 1.36 bits per heavy atom. The first-order valence-corrected chi connectivity index (χ1v) is 7.50. The molecule has 0 saturated heterocycles. The second-order valence-electron chi connectivity index (χ2n) is 5.25. The maximum Gasteiger partial charge on any atom is 0.257 e. The van der Waals surface area contributed by atoms with Crippen LogP contribution in [0.2, 0.25) is 0 Å². The third-order valence-corrected chi connectivity index (χ3v) is 3.38. The van der Waals surface area contributed by atoms with Crippen molar-refractivity contribution in [3.8, 4) is 0 Å². The van der Waals surface area contributed by atoms with Gasteiger partial charge in [0.15, 0.2) is 0 Å². The van der Waals surface area contributed by atoms with E-state index in [-0.39, 0.29) is 17.0 Å². The Morgan fingerprint density at radius 3 is 2.00 bits per heavy atom. The van der Waals surface area contributed by atoms with Gasteiger partial charge in [0, 0.05) is 23.8 Å². The van der Waals surface area contributed by atoms with Crippen LogP contribution in [-0.4, -0.2) is 16.8 Å². The summed E-state index contributed by atoms with van der Waals surface area (Å²) < 4.78 is 13.2. The molecule has 0 aliphatic heterocycles. The molecule has 0 unspecified atom stereocenters. The Kier molecular flexibility index (Phi) is 4.80. The summed E-state index contributed by atoms with van der Waals surface area (Å²) in [5.74, 6) is -1.31. The zero-order valence-corrected chi connectivity index (χ0v) is 13.1. The highest BCUT2D eigenvalue weighted by atomic mass is 19.1. The van der Waals surface area contributed by atoms with E-state index in [4.69, 9.17) is 0 Å². The van der Waals surface area contributed by atoms with E-state index in [9.17, 15) is 14.0 Å². The lowest BCUT2D eigenvalue weighted by atomic mass is 10.1. The minimum absolute atomic E-state index is 0.199. The largest absolute Gasteiger partial charge is 0.322 e. The van der Waals surface area contributed by atoms with Gasteiger partial charge in [0.1, 0.15) is 5.82 Å². The maximum absolute atomic E-state index is 13.2. The molecule has 2 N–H and O–H groups in total. The van der Waals surface area contributed by atoms with Gasteiger partial charge < -0.3 is 10.6 Å². The number of carbonyl (C=O) groups excluding carboxylic acids is 2. The van der Waals surface area contributed by atoms with Gasteiger partial charge in [0.05, 0.1) is 11.1 Å². The summed E-state index contributed by atoms with van der Waals surface area (Å²) in [5.41, 5.74) is 1.41. The van der Waals surface area contributed by atoms with Gasteiger partial charge in [-0.25, -0.2) is 4.39 Å². The maximum atomic E-state index is 13.2. The van der Waals surface area contributed by atoms with E-state index >= 15 is 0 Å². The summed E-state index contributed by atoms with van der Waals surface area (Å²) in [6.07, 6.45) is 2.71. The van der Waals surface area contributed by atoms with Crippen LogP contribution in [0.4, 0.5) is 15.8 Å². The van der Waals surface area contributed by atoms with E-state index < -0.39 is 11.7 Å². The van der Waals surface area contributed by atoms with Gasteiger partial charge in [-0.15, -0.1) is 0 Å². The minimum atomic E-state index is -0.479. The minimum Gasteiger partial charge on any atom is -0.322 e. The molecule has 3 rings (SSSR count). The van der Waals surface area contributed by atoms with Gasteiger partial charge >= 0.3 is 0 Å². The second kappa shape index (κ2) is 7.35. The molecular formula is C19H14FN3O2. The number of benzene rings is 2. The average molecular weight is 335 g/mol. The Bertz CT molecular complexity index is 913. The molecule has 124 valence electrons. The molecule has 3 aromatic rings. The van der Waals surface area contributed by atoms with Crippen molar-refractivity contribution in [2.45, 2.75) is 0 Å². The Labute approximate surface area is 143 Å². The monoisotopic (exact) mass is 335 g/mol. The Morgan fingerprint density at radius 1 is 0.760 bits per heavy atom. The number of carbonyl (C=O) groups is 2. The highest BCUT2D eigenvalue weighted by molar-refractivity contribution is 6.08. The van der Waals surface area contributed by atoms with E-state index in [1.165, 1.54) is 36.7 Å². The van der Waals surface area contributed by atoms with Crippen LogP contribution in [-0.2, 0) is 0 Å². The van der Waals surface area contributed by atoms with Gasteiger partial charge in [0.2, 0.25) is 0 Å². The van der Waals surface area contributed by atoms with Crippen LogP contribution >= 0.6 is 0 Å². The Hall–Kier alpha value is -3.54. The van der Waals surface area contributed by atoms with Crippen molar-refractivity contribution in [1.29, 1.82) is 0 Å². The predicted octanol–water partition coefficient (Wildman–Crippen LogP) is 3.73. The Balaban J connectivity index is 1.74. The average Bonchev–Trinajstić information content (AvgIpc) is 2.62. The van der Waals surface area contributed by atoms with Gasteiger partial charge in [0.25, 0.3) is 11.8 Å². The molecule has 0 fully saturated rings. The summed E-state index contributed by atoms with van der Waals surface area (Å²) in [5, 5.41) is 5.29. The number of hydrogen-bond acceptors (Lipinski definition) is 3. The van der Waals surface area contributed by atoms with Crippen molar-refractivity contribution in [3.05, 3.63) is 90.0 Å². The highest BCUT2D eigenvalue weighted by Crippen LogP contribution is 2.13. The number of halogens is 1. The van der Waals surface area contributed by atoms with Gasteiger partial charge in [-0.2, -0.15) is 0 Å². The lowest BCUT2D eigenvalue weighted by molar-refractivity contribution is 0.102. The van der Waals surface area contributed by atoms with E-state index in [0.29, 0.717) is 11.4 Å². The molecule has 0 saturated carbocycles. The van der Waals surface area contributed by atoms with E-state index in [0.717, 1.165) is 0 Å². The van der Waals surface area contributed by atoms with E-state index in [1.54, 1.807) is 30.3 Å². The van der Waals surface area contributed by atoms with Crippen molar-refractivity contribution in [3.63, 3.8) is 0 Å². The molecule has 0 aliphatic carbocycles. The third kappa shape index (κ3) is 4.26. The SMILES string of the molecule is O=C(Nc1ccccc1)c1cncc(C(=O)Nc2cccc(F)c2)c1. The van der Waals surface area contributed by atoms with Crippen molar-refractivity contribution in [2.75, 3.05) is 10.6 Å². The number of pyridine rings is 1. The van der Waals surface area contributed by atoms with Crippen LogP contribution in [0.3, 0.4) is 0 Å². The molecule has 25 heavy (non-hydrogen) atoms. The number of aromatic nitrogens is 1. The van der Waals surface area contributed by atoms with Crippen LogP contribution in [0.25, 0.3) is 0 Å². The number of amides is 2. The standard InChI is InChI=1S/C19H14FN3O2/c20-15-5-4-8-17(10-15)23-19(25)14-9-13(11-21-12-14)18(24)22-16-6-2-1-3-7-16/h1-12H,(H,22,24)(H,23,25). The van der Waals surface area contributed by atoms with Gasteiger partial charge in [-0.05, 0) is 36.4 Å². The second-order valence-corrected chi connectivity index (χ2v) is 5.25. The summed E-state index contributed by atoms with van der Waals surface area (Å²) in [6.45, 7) is 0. The molecule has 5 nitrogen and oxygen atoms in total. The molecule has 1 heterocycles. The first-order chi connectivity index (χ1) is 12.1. The number of nitrogens with one attached hydrogen (secondary N) is 2. The zero-order valence-electron chi connectivity index (χ0n) is 13.1. The van der Waals surface area contributed by atoms with Gasteiger partial charge in [-0.3, -0.25) is 14.6 Å². The molecule has 0 aliphatic rings. The zero-order chi connectivity index (χ0) is 17.6. The van der Waals surface area contributed by atoms with Crippen LogP contribution < -0.4 is 10.6 Å². The number of rotatable bonds is 4. The molecule has 2 amide bonds. The summed E-state index contributed by atoms with van der Waals surface area (Å²) in [7, 11) is 0. The fourth-order valence-electron chi connectivity index (χ4n) is 2.18. The summed E-state index contributed by atoms with van der Waals surface area (Å²) in [4.78, 5) is 28.4. The fourth-order valence-corrected chi connectivity index (χ4v) is 2.18. The number of para-hydroxylation sites is 1. The van der Waals surface area contributed by atoms with E-state index in [1.807, 2.05) is 6.07 Å². The molecular weight excluding hydrogens is 321 g/mol. The predicted molar refractivity (Wildman–Crippen MR) is 93.0 cm³/mol. The number of hydrogen-bond donors (Lipinski definition) is 2. The summed E-state index contributed by atoms with van der Waals surface area (Å²) in [6, 6.07) is 15.9. The van der Waals surface area contributed by atoms with Crippen LogP contribution in [0.15, 0.2) is 73.1 Å². The lowest BCUT2D eigenvalue weighted by Gasteiger charge is -2.07. The first kappa shape index (κ1) is 16.3. The quantitative estimate of drug-likeness (QED) is 0.763. The third-order valence-electron chi connectivity index (χ3n) is 3.38. The first-order valence-electron chi connectivity index (χ1n) is 7.50. The molecule has 0 radical (unpaired) electrons. The molecule has 6 heteroatoms. The molecule has 0 atom stereocenters. The van der Waals surface area contributed by atoms with Crippen LogP contribution in [0.5, 0.6) is 0 Å². The molecule has 0 bridgehead atoms. The van der Waals surface area contributed by atoms with Crippen LogP contribution in [0.1, 0.15) is 20.7 Å². The normalized spacial score (nSPS) is 10.1. The number of nitrogens with zero attached hydrogens (tertiary/aromatic N) is 1. The van der Waals surface area contributed by atoms with Crippen molar-refractivity contribution in [2.24, 2.45) is 0 Å². The van der Waals surface area contributed by atoms with E-state index in [2.05, 4.69) is 15.6 Å². The smallest absolute Gasteiger partial charge is 0.257 e. The van der Waals surface area contributed by atoms with Crippen LogP contribution in [0, 0.1) is 5.82 Å². The van der Waals surface area contributed by atoms with Crippen molar-refractivity contribution < 1.29 is 14.0 Å². The van der Waals surface area contributed by atoms with Crippen molar-refractivity contribution in [1.82, 2.24) is 4.98 Å². The number of anilines is 2. The highest BCUT2D eigenvalue weighted by Gasteiger charge is 2.12. The fraction of sp³-hybridized carbons (Fsp3) is 0. The topological polar surface area (TPSA) is 71.1 Å².